The van der Waals surface area contributed by atoms with Crippen molar-refractivity contribution >= 4 is 5.82 Å². The molecule has 2 aliphatic rings. The van der Waals surface area contributed by atoms with Gasteiger partial charge < -0.3 is 9.32 Å². The van der Waals surface area contributed by atoms with Gasteiger partial charge in [0.05, 0.1) is 12.7 Å². The number of nitrogens with zero attached hydrogens (tertiary/aromatic N) is 5. The van der Waals surface area contributed by atoms with Crippen LogP contribution in [0.25, 0.3) is 0 Å². The molecule has 1 aliphatic carbocycles. The zero-order chi connectivity index (χ0) is 16.5. The molecule has 0 aromatic carbocycles. The second-order valence-electron chi connectivity index (χ2n) is 7.03. The van der Waals surface area contributed by atoms with Crippen LogP contribution in [0.3, 0.4) is 0 Å². The molecule has 4 rings (SSSR count). The van der Waals surface area contributed by atoms with E-state index in [0.29, 0.717) is 12.1 Å². The standard InChI is InChI=1S/C18H25N5O/c1-13-9-17(21-12-20-13)23(15-3-4-15)16-5-7-22(8-6-16)11-18-19-10-14(2)24-18/h9-10,12,15-16H,3-8,11H2,1-2H3. The summed E-state index contributed by atoms with van der Waals surface area (Å²) in [5.41, 5.74) is 1.04. The normalized spacial score (nSPS) is 19.6. The summed E-state index contributed by atoms with van der Waals surface area (Å²) in [7, 11) is 0. The van der Waals surface area contributed by atoms with E-state index < -0.39 is 0 Å². The minimum atomic E-state index is 0.578. The highest BCUT2D eigenvalue weighted by atomic mass is 16.4. The van der Waals surface area contributed by atoms with Crippen molar-refractivity contribution in [3.05, 3.63) is 35.9 Å². The minimum absolute atomic E-state index is 0.578. The van der Waals surface area contributed by atoms with Gasteiger partial charge in [-0.05, 0) is 39.5 Å². The molecule has 24 heavy (non-hydrogen) atoms. The van der Waals surface area contributed by atoms with Gasteiger partial charge in [0, 0.05) is 36.9 Å². The van der Waals surface area contributed by atoms with Gasteiger partial charge in [0.15, 0.2) is 0 Å². The number of likely N-dealkylation sites (tertiary alicyclic amines) is 1. The van der Waals surface area contributed by atoms with Gasteiger partial charge in [0.2, 0.25) is 5.89 Å². The van der Waals surface area contributed by atoms with Crippen molar-refractivity contribution in [1.82, 2.24) is 19.9 Å². The summed E-state index contributed by atoms with van der Waals surface area (Å²) in [6.07, 6.45) is 8.41. The number of rotatable bonds is 5. The maximum Gasteiger partial charge on any atom is 0.208 e. The Balaban J connectivity index is 1.40. The summed E-state index contributed by atoms with van der Waals surface area (Å²) in [5.74, 6) is 2.82. The van der Waals surface area contributed by atoms with Crippen molar-refractivity contribution in [3.8, 4) is 0 Å². The summed E-state index contributed by atoms with van der Waals surface area (Å²) in [4.78, 5) is 18.1. The molecule has 0 amide bonds. The number of anilines is 1. The van der Waals surface area contributed by atoms with Crippen LogP contribution in [0.2, 0.25) is 0 Å². The molecule has 1 aliphatic heterocycles. The molecule has 0 unspecified atom stereocenters. The van der Waals surface area contributed by atoms with Crippen LogP contribution in [0.15, 0.2) is 23.0 Å². The van der Waals surface area contributed by atoms with Crippen molar-refractivity contribution < 1.29 is 4.42 Å². The molecule has 6 nitrogen and oxygen atoms in total. The Morgan fingerprint density at radius 3 is 2.46 bits per heavy atom. The van der Waals surface area contributed by atoms with Gasteiger partial charge in [-0.3, -0.25) is 4.90 Å². The van der Waals surface area contributed by atoms with Gasteiger partial charge in [-0.15, -0.1) is 0 Å². The van der Waals surface area contributed by atoms with Crippen LogP contribution in [0, 0.1) is 13.8 Å². The number of hydrogen-bond donors (Lipinski definition) is 0. The number of oxazole rings is 1. The molecule has 0 radical (unpaired) electrons. The smallest absolute Gasteiger partial charge is 0.208 e. The van der Waals surface area contributed by atoms with E-state index in [2.05, 4.69) is 30.8 Å². The van der Waals surface area contributed by atoms with Gasteiger partial charge in [-0.25, -0.2) is 15.0 Å². The van der Waals surface area contributed by atoms with Crippen LogP contribution in [-0.4, -0.2) is 45.0 Å². The van der Waals surface area contributed by atoms with Gasteiger partial charge in [0.25, 0.3) is 0 Å². The average Bonchev–Trinajstić information content (AvgIpc) is 3.32. The Kier molecular flexibility index (Phi) is 4.22. The highest BCUT2D eigenvalue weighted by Crippen LogP contribution is 2.35. The van der Waals surface area contributed by atoms with Gasteiger partial charge in [0.1, 0.15) is 17.9 Å². The summed E-state index contributed by atoms with van der Waals surface area (Å²) < 4.78 is 5.61. The van der Waals surface area contributed by atoms with Crippen LogP contribution in [0.5, 0.6) is 0 Å². The lowest BCUT2D eigenvalue weighted by Crippen LogP contribution is -2.46. The van der Waals surface area contributed by atoms with E-state index >= 15 is 0 Å². The van der Waals surface area contributed by atoms with Crippen molar-refractivity contribution in [2.24, 2.45) is 0 Å². The van der Waals surface area contributed by atoms with Gasteiger partial charge in [-0.2, -0.15) is 0 Å². The van der Waals surface area contributed by atoms with Crippen LogP contribution >= 0.6 is 0 Å². The second-order valence-corrected chi connectivity index (χ2v) is 7.03. The predicted molar refractivity (Wildman–Crippen MR) is 91.8 cm³/mol. The van der Waals surface area contributed by atoms with E-state index in [1.165, 1.54) is 25.7 Å². The van der Waals surface area contributed by atoms with Crippen LogP contribution in [-0.2, 0) is 6.54 Å². The maximum absolute atomic E-state index is 5.61. The molecule has 0 spiro atoms. The van der Waals surface area contributed by atoms with Gasteiger partial charge >= 0.3 is 0 Å². The molecule has 0 N–H and O–H groups in total. The van der Waals surface area contributed by atoms with E-state index in [1.54, 1.807) is 12.5 Å². The zero-order valence-electron chi connectivity index (χ0n) is 14.5. The van der Waals surface area contributed by atoms with E-state index in [0.717, 1.165) is 42.8 Å². The van der Waals surface area contributed by atoms with Crippen LogP contribution in [0.1, 0.15) is 43.0 Å². The van der Waals surface area contributed by atoms with Crippen molar-refractivity contribution in [2.45, 2.75) is 58.2 Å². The topological polar surface area (TPSA) is 58.3 Å². The summed E-state index contributed by atoms with van der Waals surface area (Å²) in [6.45, 7) is 6.96. The summed E-state index contributed by atoms with van der Waals surface area (Å²) in [6, 6.07) is 3.37. The number of piperidine rings is 1. The Hall–Kier alpha value is -1.95. The molecule has 6 heteroatoms. The average molecular weight is 327 g/mol. The maximum atomic E-state index is 5.61. The van der Waals surface area contributed by atoms with Crippen LogP contribution in [0.4, 0.5) is 5.82 Å². The minimum Gasteiger partial charge on any atom is -0.445 e. The molecule has 3 heterocycles. The fraction of sp³-hybridized carbons (Fsp3) is 0.611. The third kappa shape index (κ3) is 3.43. The molecule has 1 saturated carbocycles. The number of aromatic nitrogens is 3. The molecule has 2 fully saturated rings. The Bertz CT molecular complexity index is 688. The quantitative estimate of drug-likeness (QED) is 0.841. The van der Waals surface area contributed by atoms with E-state index in [9.17, 15) is 0 Å². The fourth-order valence-corrected chi connectivity index (χ4v) is 3.63. The largest absolute Gasteiger partial charge is 0.445 e. The molecule has 2 aromatic heterocycles. The lowest BCUT2D eigenvalue weighted by Gasteiger charge is -2.39. The van der Waals surface area contributed by atoms with E-state index in [-0.39, 0.29) is 0 Å². The Morgan fingerprint density at radius 2 is 1.83 bits per heavy atom. The number of aryl methyl sites for hydroxylation is 2. The SMILES string of the molecule is Cc1cc(N(C2CC2)C2CCN(Cc3ncc(C)o3)CC2)ncn1. The van der Waals surface area contributed by atoms with Crippen molar-refractivity contribution in [2.75, 3.05) is 18.0 Å². The molecule has 128 valence electrons. The van der Waals surface area contributed by atoms with E-state index in [4.69, 9.17) is 4.42 Å². The summed E-state index contributed by atoms with van der Waals surface area (Å²) >= 11 is 0. The lowest BCUT2D eigenvalue weighted by molar-refractivity contribution is 0.183. The van der Waals surface area contributed by atoms with E-state index in [1.807, 2.05) is 13.8 Å². The van der Waals surface area contributed by atoms with Crippen molar-refractivity contribution in [1.29, 1.82) is 0 Å². The zero-order valence-corrected chi connectivity index (χ0v) is 14.5. The number of hydrogen-bond acceptors (Lipinski definition) is 6. The van der Waals surface area contributed by atoms with Gasteiger partial charge in [-0.1, -0.05) is 0 Å². The third-order valence-corrected chi connectivity index (χ3v) is 4.97. The molecular weight excluding hydrogens is 302 g/mol. The van der Waals surface area contributed by atoms with Crippen molar-refractivity contribution in [3.63, 3.8) is 0 Å². The summed E-state index contributed by atoms with van der Waals surface area (Å²) in [5, 5.41) is 0. The molecule has 1 saturated heterocycles. The first-order chi connectivity index (χ1) is 11.7. The molecule has 0 bridgehead atoms. The fourth-order valence-electron chi connectivity index (χ4n) is 3.63. The first kappa shape index (κ1) is 15.6. The lowest BCUT2D eigenvalue weighted by atomic mass is 10.0. The monoisotopic (exact) mass is 327 g/mol. The third-order valence-electron chi connectivity index (χ3n) is 4.97. The highest BCUT2D eigenvalue weighted by molar-refractivity contribution is 5.43. The Morgan fingerprint density at radius 1 is 1.08 bits per heavy atom. The van der Waals surface area contributed by atoms with Crippen LogP contribution < -0.4 is 4.90 Å². The molecule has 0 atom stereocenters. The highest BCUT2D eigenvalue weighted by Gasteiger charge is 2.36. The first-order valence-electron chi connectivity index (χ1n) is 8.89. The molecule has 2 aromatic rings. The first-order valence-corrected chi connectivity index (χ1v) is 8.89. The second kappa shape index (κ2) is 6.51. The molecular formula is C18H25N5O. The predicted octanol–water partition coefficient (Wildman–Crippen LogP) is 2.71. The Labute approximate surface area is 142 Å².